The highest BCUT2D eigenvalue weighted by atomic mass is 35.5. The first-order chi connectivity index (χ1) is 8.97. The Morgan fingerprint density at radius 3 is 2.65 bits per heavy atom. The van der Waals surface area contributed by atoms with Crippen LogP contribution in [0.5, 0.6) is 0 Å². The monoisotopic (exact) mass is 305 g/mol. The third kappa shape index (κ3) is 4.75. The van der Waals surface area contributed by atoms with Crippen molar-refractivity contribution in [3.8, 4) is 0 Å². The summed E-state index contributed by atoms with van der Waals surface area (Å²) in [7, 11) is 0. The Hall–Kier alpha value is -1.73. The zero-order chi connectivity index (χ0) is 14.4. The van der Waals surface area contributed by atoms with Crippen LogP contribution in [0.4, 0.5) is 10.1 Å². The van der Waals surface area contributed by atoms with Crippen molar-refractivity contribution in [2.24, 2.45) is 5.73 Å². The lowest BCUT2D eigenvalue weighted by Crippen LogP contribution is -2.26. The summed E-state index contributed by atoms with van der Waals surface area (Å²) in [6.07, 6.45) is 1.41. The molecule has 20 heavy (non-hydrogen) atoms. The fourth-order valence-electron chi connectivity index (χ4n) is 1.72. The largest absolute Gasteiger partial charge is 0.352 e. The Morgan fingerprint density at radius 1 is 1.45 bits per heavy atom. The molecule has 1 aromatic carbocycles. The molecule has 1 rings (SSSR count). The van der Waals surface area contributed by atoms with Gasteiger partial charge in [-0.05, 0) is 38.4 Å². The van der Waals surface area contributed by atoms with Crippen LogP contribution in [0.15, 0.2) is 12.1 Å². The first-order valence-electron chi connectivity index (χ1n) is 5.90. The predicted octanol–water partition coefficient (Wildman–Crippen LogP) is 1.93. The number of hydrogen-bond acceptors (Lipinski definition) is 4. The Bertz CT molecular complexity index is 497. The number of halogens is 2. The number of hydrogen-bond donors (Lipinski definition) is 2. The third-order valence-electron chi connectivity index (χ3n) is 2.61. The smallest absolute Gasteiger partial charge is 0.285 e. The summed E-state index contributed by atoms with van der Waals surface area (Å²) in [4.78, 5) is 22.1. The third-order valence-corrected chi connectivity index (χ3v) is 2.61. The molecule has 112 valence electrons. The quantitative estimate of drug-likeness (QED) is 0.476. The topological polar surface area (TPSA) is 98.3 Å². The molecule has 0 radical (unpaired) electrons. The van der Waals surface area contributed by atoms with Crippen molar-refractivity contribution in [2.75, 3.05) is 13.1 Å². The zero-order valence-corrected chi connectivity index (χ0v) is 11.8. The van der Waals surface area contributed by atoms with E-state index in [2.05, 4.69) is 5.32 Å². The highest BCUT2D eigenvalue weighted by Crippen LogP contribution is 2.24. The molecular weight excluding hydrogens is 289 g/mol. The molecule has 0 aromatic heterocycles. The van der Waals surface area contributed by atoms with Crippen molar-refractivity contribution in [3.05, 3.63) is 39.2 Å². The molecule has 6 nitrogen and oxygen atoms in total. The molecule has 1 amide bonds. The van der Waals surface area contributed by atoms with E-state index in [4.69, 9.17) is 5.73 Å². The molecule has 0 aliphatic carbocycles. The lowest BCUT2D eigenvalue weighted by molar-refractivity contribution is -0.385. The van der Waals surface area contributed by atoms with Gasteiger partial charge in [0.25, 0.3) is 11.6 Å². The molecule has 0 atom stereocenters. The van der Waals surface area contributed by atoms with Gasteiger partial charge in [0.2, 0.25) is 0 Å². The molecule has 0 fully saturated rings. The maximum Gasteiger partial charge on any atom is 0.285 e. The van der Waals surface area contributed by atoms with Crippen molar-refractivity contribution in [3.63, 3.8) is 0 Å². The summed E-state index contributed by atoms with van der Waals surface area (Å²) < 4.78 is 13.3. The number of carbonyl (C=O) groups is 1. The summed E-state index contributed by atoms with van der Waals surface area (Å²) in [5, 5.41) is 13.4. The summed E-state index contributed by atoms with van der Waals surface area (Å²) in [5.41, 5.74) is 4.81. The standard InChI is InChI=1S/C12H16FN3O3.ClH/c1-8-6-9(13)7-10(11(8)16(18)19)12(17)15-5-3-2-4-14;/h6-7H,2-5,14H2,1H3,(H,15,17);1H. The summed E-state index contributed by atoms with van der Waals surface area (Å²) in [6.45, 7) is 2.25. The maximum absolute atomic E-state index is 13.3. The average molecular weight is 306 g/mol. The van der Waals surface area contributed by atoms with Gasteiger partial charge in [0.05, 0.1) is 4.92 Å². The molecule has 0 saturated carbocycles. The number of nitro benzene ring substituents is 1. The van der Waals surface area contributed by atoms with Crippen molar-refractivity contribution < 1.29 is 14.1 Å². The van der Waals surface area contributed by atoms with E-state index in [-0.39, 0.29) is 29.2 Å². The summed E-state index contributed by atoms with van der Waals surface area (Å²) in [6, 6.07) is 1.91. The van der Waals surface area contributed by atoms with Crippen LogP contribution < -0.4 is 11.1 Å². The van der Waals surface area contributed by atoms with Crippen molar-refractivity contribution >= 4 is 24.0 Å². The van der Waals surface area contributed by atoms with Gasteiger partial charge in [0, 0.05) is 12.1 Å². The molecule has 0 heterocycles. The normalized spacial score (nSPS) is 9.75. The van der Waals surface area contributed by atoms with Gasteiger partial charge in [-0.3, -0.25) is 14.9 Å². The van der Waals surface area contributed by atoms with Crippen LogP contribution >= 0.6 is 12.4 Å². The Balaban J connectivity index is 0.00000361. The second-order valence-corrected chi connectivity index (χ2v) is 4.13. The molecule has 0 unspecified atom stereocenters. The van der Waals surface area contributed by atoms with Crippen molar-refractivity contribution in [1.82, 2.24) is 5.32 Å². The number of nitrogens with zero attached hydrogens (tertiary/aromatic N) is 1. The van der Waals surface area contributed by atoms with Gasteiger partial charge in [-0.2, -0.15) is 0 Å². The molecular formula is C12H17ClFN3O3. The number of aryl methyl sites for hydroxylation is 1. The van der Waals surface area contributed by atoms with Gasteiger partial charge in [-0.25, -0.2) is 4.39 Å². The predicted molar refractivity (Wildman–Crippen MR) is 75.7 cm³/mol. The fourth-order valence-corrected chi connectivity index (χ4v) is 1.72. The van der Waals surface area contributed by atoms with E-state index in [1.54, 1.807) is 0 Å². The lowest BCUT2D eigenvalue weighted by Gasteiger charge is -2.07. The first kappa shape index (κ1) is 18.3. The number of nitro groups is 1. The Kier molecular flexibility index (Phi) is 7.71. The van der Waals surface area contributed by atoms with E-state index < -0.39 is 16.6 Å². The van der Waals surface area contributed by atoms with Crippen LogP contribution in [-0.2, 0) is 0 Å². The van der Waals surface area contributed by atoms with Gasteiger partial charge in [-0.15, -0.1) is 12.4 Å². The Labute approximate surface area is 122 Å². The van der Waals surface area contributed by atoms with Crippen LogP contribution in [0.3, 0.4) is 0 Å². The van der Waals surface area contributed by atoms with E-state index in [0.717, 1.165) is 18.6 Å². The fraction of sp³-hybridized carbons (Fsp3) is 0.417. The molecule has 3 N–H and O–H groups in total. The van der Waals surface area contributed by atoms with Gasteiger partial charge < -0.3 is 11.1 Å². The number of unbranched alkanes of at least 4 members (excludes halogenated alkanes) is 1. The van der Waals surface area contributed by atoms with Gasteiger partial charge in [0.1, 0.15) is 11.4 Å². The molecule has 0 aliphatic rings. The summed E-state index contributed by atoms with van der Waals surface area (Å²) >= 11 is 0. The van der Waals surface area contributed by atoms with Crippen LogP contribution in [0.1, 0.15) is 28.8 Å². The van der Waals surface area contributed by atoms with Crippen LogP contribution in [-0.4, -0.2) is 23.9 Å². The lowest BCUT2D eigenvalue weighted by atomic mass is 10.1. The van der Waals surface area contributed by atoms with E-state index in [1.165, 1.54) is 6.92 Å². The summed E-state index contributed by atoms with van der Waals surface area (Å²) in [5.74, 6) is -1.32. The number of nitrogens with two attached hydrogens (primary N) is 1. The van der Waals surface area contributed by atoms with Crippen LogP contribution in [0, 0.1) is 22.9 Å². The van der Waals surface area contributed by atoms with Crippen molar-refractivity contribution in [2.45, 2.75) is 19.8 Å². The van der Waals surface area contributed by atoms with Crippen LogP contribution in [0.25, 0.3) is 0 Å². The second-order valence-electron chi connectivity index (χ2n) is 4.13. The zero-order valence-electron chi connectivity index (χ0n) is 11.0. The maximum atomic E-state index is 13.3. The molecule has 0 aliphatic heterocycles. The molecule has 0 saturated heterocycles. The van der Waals surface area contributed by atoms with E-state index in [1.807, 2.05) is 0 Å². The van der Waals surface area contributed by atoms with Crippen molar-refractivity contribution in [1.29, 1.82) is 0 Å². The number of amides is 1. The number of benzene rings is 1. The molecule has 8 heteroatoms. The number of nitrogens with one attached hydrogen (secondary N) is 1. The van der Waals surface area contributed by atoms with Crippen LogP contribution in [0.2, 0.25) is 0 Å². The molecule has 0 bridgehead atoms. The van der Waals surface area contributed by atoms with Gasteiger partial charge >= 0.3 is 0 Å². The molecule has 1 aromatic rings. The van der Waals surface area contributed by atoms with Gasteiger partial charge in [0.15, 0.2) is 0 Å². The number of rotatable bonds is 6. The average Bonchev–Trinajstić information content (AvgIpc) is 2.32. The minimum atomic E-state index is -0.677. The van der Waals surface area contributed by atoms with E-state index >= 15 is 0 Å². The minimum Gasteiger partial charge on any atom is -0.352 e. The SMILES string of the molecule is Cc1cc(F)cc(C(=O)NCCCCN)c1[N+](=O)[O-].Cl. The van der Waals surface area contributed by atoms with Gasteiger partial charge in [-0.1, -0.05) is 0 Å². The van der Waals surface area contributed by atoms with E-state index in [0.29, 0.717) is 19.5 Å². The Morgan fingerprint density at radius 2 is 2.10 bits per heavy atom. The minimum absolute atomic E-state index is 0. The second kappa shape index (κ2) is 8.44. The highest BCUT2D eigenvalue weighted by Gasteiger charge is 2.23. The number of carbonyl (C=O) groups excluding carboxylic acids is 1. The van der Waals surface area contributed by atoms with E-state index in [9.17, 15) is 19.3 Å². The first-order valence-corrected chi connectivity index (χ1v) is 5.90. The molecule has 0 spiro atoms. The highest BCUT2D eigenvalue weighted by molar-refractivity contribution is 5.98.